The van der Waals surface area contributed by atoms with Gasteiger partial charge in [0, 0.05) is 23.8 Å². The third-order valence-electron chi connectivity index (χ3n) is 6.95. The van der Waals surface area contributed by atoms with Crippen molar-refractivity contribution in [1.29, 1.82) is 0 Å². The number of methoxy groups -OCH3 is 1. The minimum Gasteiger partial charge on any atom is -0.508 e. The first-order chi connectivity index (χ1) is 19.6. The van der Waals surface area contributed by atoms with E-state index in [1.807, 2.05) is 0 Å². The molecule has 2 aliphatic heterocycles. The normalized spacial score (nSPS) is 32.1. The van der Waals surface area contributed by atoms with Crippen molar-refractivity contribution in [1.82, 2.24) is 0 Å². The van der Waals surface area contributed by atoms with Gasteiger partial charge in [-0.2, -0.15) is 0 Å². The molecule has 3 aromatic rings. The molecule has 7 N–H and O–H groups in total. The average Bonchev–Trinajstić information content (AvgIpc) is 2.96. The molecular formula is C27H30O14. The van der Waals surface area contributed by atoms with Gasteiger partial charge < -0.3 is 63.8 Å². The molecule has 0 bridgehead atoms. The predicted octanol–water partition coefficient (Wildman–Crippen LogP) is -1.18. The molecule has 2 aliphatic rings. The zero-order valence-corrected chi connectivity index (χ0v) is 21.6. The number of rotatable bonds is 7. The summed E-state index contributed by atoms with van der Waals surface area (Å²) in [5.41, 5.74) is 0.0824. The van der Waals surface area contributed by atoms with E-state index in [9.17, 15) is 40.5 Å². The highest BCUT2D eigenvalue weighted by Crippen LogP contribution is 2.34. The molecule has 0 unspecified atom stereocenters. The molecular weight excluding hydrogens is 548 g/mol. The van der Waals surface area contributed by atoms with Crippen LogP contribution in [0.2, 0.25) is 0 Å². The number of hydrogen-bond acceptors (Lipinski definition) is 14. The number of phenolic OH excluding ortho intramolecular Hbond substituents is 1. The van der Waals surface area contributed by atoms with E-state index in [4.69, 9.17) is 28.1 Å². The van der Waals surface area contributed by atoms with Crippen molar-refractivity contribution in [2.45, 2.75) is 55.3 Å². The van der Waals surface area contributed by atoms with E-state index in [0.29, 0.717) is 5.56 Å². The van der Waals surface area contributed by atoms with Gasteiger partial charge in [-0.05, 0) is 24.3 Å². The summed E-state index contributed by atoms with van der Waals surface area (Å²) >= 11 is 0. The summed E-state index contributed by atoms with van der Waals surface area (Å²) in [5, 5.41) is 70.6. The molecule has 5 rings (SSSR count). The van der Waals surface area contributed by atoms with Crippen LogP contribution in [-0.2, 0) is 14.2 Å². The van der Waals surface area contributed by atoms with E-state index < -0.39 is 67.3 Å². The van der Waals surface area contributed by atoms with Gasteiger partial charge in [0.1, 0.15) is 76.7 Å². The highest BCUT2D eigenvalue weighted by Gasteiger charge is 2.46. The Labute approximate surface area is 232 Å². The van der Waals surface area contributed by atoms with Crippen LogP contribution in [0.1, 0.15) is 0 Å². The van der Waals surface area contributed by atoms with Gasteiger partial charge in [0.25, 0.3) is 0 Å². The highest BCUT2D eigenvalue weighted by molar-refractivity contribution is 5.86. The van der Waals surface area contributed by atoms with E-state index in [-0.39, 0.29) is 40.6 Å². The number of hydrogen-bond donors (Lipinski definition) is 7. The number of aromatic hydroxyl groups is 1. The number of ether oxygens (including phenoxy) is 5. The van der Waals surface area contributed by atoms with Gasteiger partial charge in [0.2, 0.25) is 6.29 Å². The van der Waals surface area contributed by atoms with Crippen molar-refractivity contribution < 1.29 is 63.8 Å². The van der Waals surface area contributed by atoms with Gasteiger partial charge in [-0.25, -0.2) is 0 Å². The van der Waals surface area contributed by atoms with Crippen LogP contribution in [0.15, 0.2) is 51.7 Å². The largest absolute Gasteiger partial charge is 0.508 e. The van der Waals surface area contributed by atoms with Crippen molar-refractivity contribution in [3.63, 3.8) is 0 Å². The molecule has 0 radical (unpaired) electrons. The van der Waals surface area contributed by atoms with Gasteiger partial charge in [-0.3, -0.25) is 4.79 Å². The van der Waals surface area contributed by atoms with Crippen molar-refractivity contribution >= 4 is 11.0 Å². The fraction of sp³-hybridized carbons (Fsp3) is 0.444. The minimum atomic E-state index is -1.76. The highest BCUT2D eigenvalue weighted by atomic mass is 16.7. The first-order valence-electron chi connectivity index (χ1n) is 12.7. The summed E-state index contributed by atoms with van der Waals surface area (Å²) in [5.74, 6) is 0.362. The summed E-state index contributed by atoms with van der Waals surface area (Å²) in [6, 6.07) is 10.1. The molecule has 1 aromatic heterocycles. The maximum absolute atomic E-state index is 13.2. The Hall–Kier alpha value is -3.31. The number of phenols is 1. The fourth-order valence-corrected chi connectivity index (χ4v) is 4.60. The summed E-state index contributed by atoms with van der Waals surface area (Å²) in [6.07, 6.45) is -13.9. The van der Waals surface area contributed by atoms with Crippen LogP contribution in [0, 0.1) is 0 Å². The molecule has 0 aliphatic carbocycles. The molecule has 2 saturated heterocycles. The lowest BCUT2D eigenvalue weighted by atomic mass is 9.99. The minimum absolute atomic E-state index is 0.0242. The molecule has 2 aromatic carbocycles. The van der Waals surface area contributed by atoms with Crippen LogP contribution in [0.3, 0.4) is 0 Å². The van der Waals surface area contributed by atoms with E-state index in [0.717, 1.165) is 0 Å². The molecule has 14 heteroatoms. The second kappa shape index (κ2) is 11.9. The van der Waals surface area contributed by atoms with E-state index >= 15 is 0 Å². The van der Waals surface area contributed by atoms with Crippen molar-refractivity contribution in [2.24, 2.45) is 0 Å². The first kappa shape index (κ1) is 29.2. The van der Waals surface area contributed by atoms with Crippen molar-refractivity contribution in [3.05, 3.63) is 52.7 Å². The molecule has 9 atom stereocenters. The molecule has 14 nitrogen and oxygen atoms in total. The lowest BCUT2D eigenvalue weighted by molar-refractivity contribution is -0.307. The Bertz CT molecular complexity index is 1410. The van der Waals surface area contributed by atoms with Crippen LogP contribution < -0.4 is 14.9 Å². The van der Waals surface area contributed by atoms with E-state index in [1.165, 1.54) is 37.4 Å². The average molecular weight is 579 g/mol. The smallest absolute Gasteiger partial charge is 0.229 e. The van der Waals surface area contributed by atoms with Crippen LogP contribution >= 0.6 is 0 Å². The number of aliphatic hydroxyl groups is 6. The van der Waals surface area contributed by atoms with Crippen LogP contribution in [0.5, 0.6) is 17.2 Å². The van der Waals surface area contributed by atoms with Crippen LogP contribution in [0.4, 0.5) is 0 Å². The second-order valence-electron chi connectivity index (χ2n) is 9.74. The van der Waals surface area contributed by atoms with E-state index in [1.54, 1.807) is 12.1 Å². The lowest BCUT2D eigenvalue weighted by Crippen LogP contribution is -2.61. The van der Waals surface area contributed by atoms with Gasteiger partial charge in [-0.1, -0.05) is 0 Å². The maximum atomic E-state index is 13.2. The molecule has 0 amide bonds. The van der Waals surface area contributed by atoms with Gasteiger partial charge in [-0.15, -0.1) is 0 Å². The molecule has 0 saturated carbocycles. The summed E-state index contributed by atoms with van der Waals surface area (Å²) in [7, 11) is 1.38. The summed E-state index contributed by atoms with van der Waals surface area (Å²) in [6.45, 7) is -0.795. The number of benzene rings is 2. The van der Waals surface area contributed by atoms with Crippen LogP contribution in [-0.4, -0.2) is 111 Å². The third kappa shape index (κ3) is 5.88. The Morgan fingerprint density at radius 3 is 2.29 bits per heavy atom. The van der Waals surface area contributed by atoms with Crippen LogP contribution in [0.25, 0.3) is 22.3 Å². The van der Waals surface area contributed by atoms with Gasteiger partial charge >= 0.3 is 0 Å². The molecule has 0 spiro atoms. The standard InChI is InChI=1S/C27H30O14/c1-36-13-6-17-20(14(29)8-16(39-17)11-2-4-12(28)5-3-11)18(7-13)40-27-25(35)23(33)22(32)19(41-27)10-38-26-24(34)21(31)15(30)9-37-26/h2-8,15,19,21-28,30-35H,9-10H2,1H3/t15-,19+,21-,22+,23-,24-,25+,26-,27+/m0/s1. The Balaban J connectivity index is 1.40. The third-order valence-corrected chi connectivity index (χ3v) is 6.95. The first-order valence-corrected chi connectivity index (χ1v) is 12.7. The quantitative estimate of drug-likeness (QED) is 0.176. The molecule has 222 valence electrons. The summed E-state index contributed by atoms with van der Waals surface area (Å²) < 4.78 is 33.3. The maximum Gasteiger partial charge on any atom is 0.229 e. The number of fused-ring (bicyclic) bond motifs is 1. The monoisotopic (exact) mass is 578 g/mol. The molecule has 3 heterocycles. The van der Waals surface area contributed by atoms with Crippen molar-refractivity contribution in [3.8, 4) is 28.6 Å². The van der Waals surface area contributed by atoms with Crippen molar-refractivity contribution in [2.75, 3.05) is 20.3 Å². The number of aliphatic hydroxyl groups excluding tert-OH is 6. The zero-order chi connectivity index (χ0) is 29.4. The predicted molar refractivity (Wildman–Crippen MR) is 137 cm³/mol. The SMILES string of the molecule is COc1cc(O[C@@H]2O[C@H](CO[C@@H]3OC[C@H](O)[C@H](O)[C@@H]3O)[C@@H](O)[C@H](O)[C@H]2O)c2c(=O)cc(-c3ccc(O)cc3)oc2c1. The Kier molecular flexibility index (Phi) is 8.47. The van der Waals surface area contributed by atoms with Gasteiger partial charge in [0.05, 0.1) is 20.3 Å². The lowest BCUT2D eigenvalue weighted by Gasteiger charge is -2.41. The Morgan fingerprint density at radius 2 is 1.59 bits per heavy atom. The zero-order valence-electron chi connectivity index (χ0n) is 21.6. The fourth-order valence-electron chi connectivity index (χ4n) is 4.60. The van der Waals surface area contributed by atoms with Gasteiger partial charge in [0.15, 0.2) is 11.7 Å². The summed E-state index contributed by atoms with van der Waals surface area (Å²) in [4.78, 5) is 13.2. The second-order valence-corrected chi connectivity index (χ2v) is 9.74. The molecule has 41 heavy (non-hydrogen) atoms. The van der Waals surface area contributed by atoms with E-state index in [2.05, 4.69) is 0 Å². The Morgan fingerprint density at radius 1 is 0.878 bits per heavy atom. The molecule has 2 fully saturated rings. The topological polar surface area (TPSA) is 218 Å².